The van der Waals surface area contributed by atoms with Gasteiger partial charge in [0, 0.05) is 18.3 Å². The number of carbonyl (C=O) groups excluding carboxylic acids is 1. The van der Waals surface area contributed by atoms with Crippen LogP contribution in [0.2, 0.25) is 0 Å². The van der Waals surface area contributed by atoms with Crippen LogP contribution in [0.3, 0.4) is 0 Å². The van der Waals surface area contributed by atoms with Crippen molar-refractivity contribution in [1.29, 1.82) is 0 Å². The van der Waals surface area contributed by atoms with E-state index in [1.807, 2.05) is 18.2 Å². The lowest BCUT2D eigenvalue weighted by molar-refractivity contribution is -0.120. The van der Waals surface area contributed by atoms with Gasteiger partial charge in [-0.05, 0) is 19.3 Å². The highest BCUT2D eigenvalue weighted by Crippen LogP contribution is 2.40. The molecule has 0 aromatic heterocycles. The number of ketones is 1. The van der Waals surface area contributed by atoms with Crippen LogP contribution in [0.1, 0.15) is 32.1 Å². The minimum atomic E-state index is -0.0722. The molecule has 0 unspecified atom stereocenters. The zero-order valence-electron chi connectivity index (χ0n) is 9.87. The van der Waals surface area contributed by atoms with Gasteiger partial charge >= 0.3 is 0 Å². The fourth-order valence-electron chi connectivity index (χ4n) is 2.48. The predicted octanol–water partition coefficient (Wildman–Crippen LogP) is 3.99. The summed E-state index contributed by atoms with van der Waals surface area (Å²) in [5, 5.41) is 0. The molecule has 0 bridgehead atoms. The molecule has 0 N–H and O–H groups in total. The van der Waals surface area contributed by atoms with Gasteiger partial charge in [-0.3, -0.25) is 4.79 Å². The molecular formula is C15H20O. The van der Waals surface area contributed by atoms with E-state index in [1.54, 1.807) is 0 Å². The molecule has 86 valence electrons. The average Bonchev–Trinajstić information content (AvgIpc) is 2.17. The summed E-state index contributed by atoms with van der Waals surface area (Å²) in [5.74, 6) is 0.322. The van der Waals surface area contributed by atoms with Crippen molar-refractivity contribution in [3.8, 4) is 0 Å². The Kier molecular flexibility index (Phi) is 4.48. The third-order valence-electron chi connectivity index (χ3n) is 2.99. The molecule has 1 heteroatoms. The third-order valence-corrected chi connectivity index (χ3v) is 2.99. The molecule has 0 spiro atoms. The molecule has 1 nitrogen and oxygen atoms in total. The lowest BCUT2D eigenvalue weighted by Crippen LogP contribution is -2.26. The van der Waals surface area contributed by atoms with E-state index in [2.05, 4.69) is 25.8 Å². The van der Waals surface area contributed by atoms with Gasteiger partial charge in [0.15, 0.2) is 0 Å². The van der Waals surface area contributed by atoms with Gasteiger partial charge < -0.3 is 0 Å². The Labute approximate surface area is 98.2 Å². The van der Waals surface area contributed by atoms with E-state index < -0.39 is 0 Å². The Balaban J connectivity index is 2.99. The summed E-state index contributed by atoms with van der Waals surface area (Å²) in [4.78, 5) is 11.8. The van der Waals surface area contributed by atoms with Crippen LogP contribution >= 0.6 is 0 Å². The van der Waals surface area contributed by atoms with Gasteiger partial charge in [0.2, 0.25) is 0 Å². The lowest BCUT2D eigenvalue weighted by atomic mass is 9.71. The van der Waals surface area contributed by atoms with E-state index in [0.717, 1.165) is 19.3 Å². The van der Waals surface area contributed by atoms with Crippen LogP contribution in [-0.4, -0.2) is 5.78 Å². The van der Waals surface area contributed by atoms with Gasteiger partial charge in [0.25, 0.3) is 0 Å². The first-order chi connectivity index (χ1) is 7.65. The smallest absolute Gasteiger partial charge is 0.137 e. The number of hydrogen-bond acceptors (Lipinski definition) is 1. The number of carbonyl (C=O) groups is 1. The Morgan fingerprint density at radius 3 is 2.31 bits per heavy atom. The highest BCUT2D eigenvalue weighted by atomic mass is 16.1. The monoisotopic (exact) mass is 216 g/mol. The summed E-state index contributed by atoms with van der Waals surface area (Å²) in [6, 6.07) is 0. The van der Waals surface area contributed by atoms with E-state index in [-0.39, 0.29) is 5.41 Å². The Morgan fingerprint density at radius 1 is 1.19 bits per heavy atom. The highest BCUT2D eigenvalue weighted by Gasteiger charge is 2.32. The number of Topliss-reactive ketones (excluding diaryl/α,β-unsaturated/α-hetero) is 1. The molecule has 0 amide bonds. The first kappa shape index (κ1) is 12.7. The predicted molar refractivity (Wildman–Crippen MR) is 69.2 cm³/mol. The molecule has 0 aromatic carbocycles. The van der Waals surface area contributed by atoms with Crippen molar-refractivity contribution in [3.63, 3.8) is 0 Å². The van der Waals surface area contributed by atoms with Crippen molar-refractivity contribution in [1.82, 2.24) is 0 Å². The van der Waals surface area contributed by atoms with Crippen molar-refractivity contribution in [2.24, 2.45) is 5.41 Å². The lowest BCUT2D eigenvalue weighted by Gasteiger charge is -2.32. The van der Waals surface area contributed by atoms with Crippen LogP contribution in [0.25, 0.3) is 0 Å². The van der Waals surface area contributed by atoms with Gasteiger partial charge in [-0.1, -0.05) is 29.9 Å². The Bertz CT molecular complexity index is 323. The SMILES string of the molecule is C=CCC1=CC(CC=C)(CC=C)CC(=O)C1. The molecular weight excluding hydrogens is 196 g/mol. The van der Waals surface area contributed by atoms with Crippen molar-refractivity contribution in [3.05, 3.63) is 49.6 Å². The second kappa shape index (κ2) is 5.64. The van der Waals surface area contributed by atoms with E-state index >= 15 is 0 Å². The number of rotatable bonds is 6. The fraction of sp³-hybridized carbons (Fsp3) is 0.400. The van der Waals surface area contributed by atoms with Crippen LogP contribution in [0.5, 0.6) is 0 Å². The molecule has 0 radical (unpaired) electrons. The van der Waals surface area contributed by atoms with Crippen LogP contribution in [-0.2, 0) is 4.79 Å². The summed E-state index contributed by atoms with van der Waals surface area (Å²) in [7, 11) is 0. The topological polar surface area (TPSA) is 17.1 Å². The van der Waals surface area contributed by atoms with Gasteiger partial charge in [-0.15, -0.1) is 19.7 Å². The molecule has 0 aliphatic heterocycles. The van der Waals surface area contributed by atoms with Crippen LogP contribution in [0, 0.1) is 5.41 Å². The summed E-state index contributed by atoms with van der Waals surface area (Å²) in [6.45, 7) is 11.3. The van der Waals surface area contributed by atoms with Crippen LogP contribution in [0.15, 0.2) is 49.6 Å². The third kappa shape index (κ3) is 3.06. The molecule has 1 aliphatic rings. The van der Waals surface area contributed by atoms with E-state index in [1.165, 1.54) is 5.57 Å². The van der Waals surface area contributed by atoms with E-state index in [0.29, 0.717) is 18.6 Å². The van der Waals surface area contributed by atoms with Crippen molar-refractivity contribution in [2.75, 3.05) is 0 Å². The second-order valence-electron chi connectivity index (χ2n) is 4.54. The van der Waals surface area contributed by atoms with Crippen LogP contribution in [0.4, 0.5) is 0 Å². The van der Waals surface area contributed by atoms with Gasteiger partial charge in [0.1, 0.15) is 5.78 Å². The maximum absolute atomic E-state index is 11.8. The molecule has 0 saturated carbocycles. The van der Waals surface area contributed by atoms with Crippen molar-refractivity contribution >= 4 is 5.78 Å². The molecule has 1 aliphatic carbocycles. The first-order valence-electron chi connectivity index (χ1n) is 5.71. The fourth-order valence-corrected chi connectivity index (χ4v) is 2.48. The second-order valence-corrected chi connectivity index (χ2v) is 4.54. The highest BCUT2D eigenvalue weighted by molar-refractivity contribution is 5.83. The van der Waals surface area contributed by atoms with E-state index in [9.17, 15) is 4.79 Å². The normalized spacial score (nSPS) is 18.8. The molecule has 16 heavy (non-hydrogen) atoms. The summed E-state index contributed by atoms with van der Waals surface area (Å²) >= 11 is 0. The largest absolute Gasteiger partial charge is 0.299 e. The van der Waals surface area contributed by atoms with E-state index in [4.69, 9.17) is 0 Å². The average molecular weight is 216 g/mol. The number of hydrogen-bond donors (Lipinski definition) is 0. The van der Waals surface area contributed by atoms with Gasteiger partial charge in [-0.25, -0.2) is 0 Å². The Hall–Kier alpha value is -1.37. The minimum Gasteiger partial charge on any atom is -0.299 e. The summed E-state index contributed by atoms with van der Waals surface area (Å²) < 4.78 is 0. The number of allylic oxidation sites excluding steroid dienone is 5. The zero-order chi connectivity index (χ0) is 12.0. The standard InChI is InChI=1S/C15H20O/c1-4-7-13-10-14(16)12-15(11-13,8-5-2)9-6-3/h4-6,11H,1-3,7-10,12H2. The zero-order valence-corrected chi connectivity index (χ0v) is 9.87. The van der Waals surface area contributed by atoms with Crippen molar-refractivity contribution in [2.45, 2.75) is 32.1 Å². The molecule has 0 saturated heterocycles. The molecule has 0 fully saturated rings. The molecule has 0 heterocycles. The molecule has 0 aromatic rings. The first-order valence-corrected chi connectivity index (χ1v) is 5.71. The Morgan fingerprint density at radius 2 is 1.81 bits per heavy atom. The maximum atomic E-state index is 11.8. The van der Waals surface area contributed by atoms with Crippen LogP contribution < -0.4 is 0 Å². The summed E-state index contributed by atoms with van der Waals surface area (Å²) in [5.41, 5.74) is 1.12. The molecule has 1 rings (SSSR count). The maximum Gasteiger partial charge on any atom is 0.137 e. The minimum absolute atomic E-state index is 0.0722. The van der Waals surface area contributed by atoms with Gasteiger partial charge in [-0.2, -0.15) is 0 Å². The quantitative estimate of drug-likeness (QED) is 0.613. The van der Waals surface area contributed by atoms with Gasteiger partial charge in [0.05, 0.1) is 0 Å². The summed E-state index contributed by atoms with van der Waals surface area (Å²) in [6.07, 6.45) is 11.6. The molecule has 0 atom stereocenters. The van der Waals surface area contributed by atoms with Crippen molar-refractivity contribution < 1.29 is 4.79 Å².